The number of hydrogen-bond acceptors (Lipinski definition) is 3. The minimum atomic E-state index is -0.494. The highest BCUT2D eigenvalue weighted by Gasteiger charge is 2.44. The van der Waals surface area contributed by atoms with Gasteiger partial charge in [-0.1, -0.05) is 36.4 Å². The smallest absolute Gasteiger partial charge is 0.253 e. The molecule has 5 nitrogen and oxygen atoms in total. The lowest BCUT2D eigenvalue weighted by Crippen LogP contribution is -2.62. The van der Waals surface area contributed by atoms with Gasteiger partial charge in [-0.05, 0) is 37.1 Å². The van der Waals surface area contributed by atoms with Crippen molar-refractivity contribution in [3.63, 3.8) is 0 Å². The first kappa shape index (κ1) is 16.8. The summed E-state index contributed by atoms with van der Waals surface area (Å²) in [6, 6.07) is 19.0. The topological polar surface area (TPSA) is 49.9 Å². The molecule has 2 saturated heterocycles. The molecule has 1 spiro atoms. The molecule has 2 fully saturated rings. The summed E-state index contributed by atoms with van der Waals surface area (Å²) < 4.78 is 6.00. The molecule has 1 atom stereocenters. The summed E-state index contributed by atoms with van der Waals surface area (Å²) in [6.45, 7) is 1.77. The Kier molecular flexibility index (Phi) is 4.47. The van der Waals surface area contributed by atoms with Gasteiger partial charge in [-0.25, -0.2) is 0 Å². The minimum absolute atomic E-state index is 0.0245. The van der Waals surface area contributed by atoms with Gasteiger partial charge in [0.1, 0.15) is 12.2 Å². The highest BCUT2D eigenvalue weighted by Crippen LogP contribution is 2.32. The molecule has 2 aromatic carbocycles. The van der Waals surface area contributed by atoms with Gasteiger partial charge in [0.25, 0.3) is 11.8 Å². The number of benzene rings is 2. The second-order valence-electron chi connectivity index (χ2n) is 6.98. The highest BCUT2D eigenvalue weighted by atomic mass is 16.5. The predicted molar refractivity (Wildman–Crippen MR) is 99.1 cm³/mol. The lowest BCUT2D eigenvalue weighted by atomic mass is 9.90. The van der Waals surface area contributed by atoms with E-state index in [-0.39, 0.29) is 18.4 Å². The van der Waals surface area contributed by atoms with E-state index in [0.29, 0.717) is 18.7 Å². The van der Waals surface area contributed by atoms with Gasteiger partial charge in [0.15, 0.2) is 0 Å². The molecule has 1 unspecified atom stereocenters. The third-order valence-electron chi connectivity index (χ3n) is 5.16. The molecule has 0 saturated carbocycles. The SMILES string of the molecule is O=C(c1ccccc1)N1CCCC2(C1)CN(c1ccccc1)C(=O)CO2. The van der Waals surface area contributed by atoms with E-state index in [4.69, 9.17) is 4.74 Å². The third kappa shape index (κ3) is 3.22. The zero-order chi connectivity index (χ0) is 18.0. The van der Waals surface area contributed by atoms with Crippen molar-refractivity contribution in [2.45, 2.75) is 18.4 Å². The molecular formula is C21H22N2O3. The Morgan fingerprint density at radius 1 is 0.962 bits per heavy atom. The first-order valence-corrected chi connectivity index (χ1v) is 9.01. The van der Waals surface area contributed by atoms with E-state index in [2.05, 4.69) is 0 Å². The summed E-state index contributed by atoms with van der Waals surface area (Å²) in [7, 11) is 0. The van der Waals surface area contributed by atoms with Crippen molar-refractivity contribution in [3.05, 3.63) is 66.2 Å². The molecule has 4 rings (SSSR count). The molecule has 0 bridgehead atoms. The van der Waals surface area contributed by atoms with Crippen molar-refractivity contribution in [1.29, 1.82) is 0 Å². The van der Waals surface area contributed by atoms with Crippen LogP contribution in [0.2, 0.25) is 0 Å². The number of para-hydroxylation sites is 1. The molecule has 5 heteroatoms. The van der Waals surface area contributed by atoms with Crippen molar-refractivity contribution in [2.24, 2.45) is 0 Å². The van der Waals surface area contributed by atoms with Crippen molar-refractivity contribution in [2.75, 3.05) is 31.1 Å². The van der Waals surface area contributed by atoms with Gasteiger partial charge in [-0.2, -0.15) is 0 Å². The minimum Gasteiger partial charge on any atom is -0.361 e. The average Bonchev–Trinajstić information content (AvgIpc) is 2.71. The third-order valence-corrected chi connectivity index (χ3v) is 5.16. The van der Waals surface area contributed by atoms with E-state index in [1.807, 2.05) is 65.6 Å². The van der Waals surface area contributed by atoms with E-state index < -0.39 is 5.60 Å². The van der Waals surface area contributed by atoms with Crippen LogP contribution in [0.15, 0.2) is 60.7 Å². The molecule has 2 aliphatic heterocycles. The van der Waals surface area contributed by atoms with E-state index in [9.17, 15) is 9.59 Å². The van der Waals surface area contributed by atoms with Crippen LogP contribution in [0.4, 0.5) is 5.69 Å². The van der Waals surface area contributed by atoms with Crippen LogP contribution < -0.4 is 4.90 Å². The molecule has 2 aliphatic rings. The normalized spacial score (nSPS) is 23.3. The predicted octanol–water partition coefficient (Wildman–Crippen LogP) is 2.72. The molecule has 0 N–H and O–H groups in total. The van der Waals surface area contributed by atoms with Crippen LogP contribution in [0, 0.1) is 0 Å². The van der Waals surface area contributed by atoms with Crippen LogP contribution in [-0.4, -0.2) is 48.6 Å². The molecule has 0 aromatic heterocycles. The molecular weight excluding hydrogens is 328 g/mol. The lowest BCUT2D eigenvalue weighted by Gasteiger charge is -2.47. The largest absolute Gasteiger partial charge is 0.361 e. The Hall–Kier alpha value is -2.66. The van der Waals surface area contributed by atoms with Crippen molar-refractivity contribution < 1.29 is 14.3 Å². The average molecular weight is 350 g/mol. The number of likely N-dealkylation sites (tertiary alicyclic amines) is 1. The number of rotatable bonds is 2. The zero-order valence-corrected chi connectivity index (χ0v) is 14.6. The van der Waals surface area contributed by atoms with Gasteiger partial charge < -0.3 is 14.5 Å². The summed E-state index contributed by atoms with van der Waals surface area (Å²) in [6.07, 6.45) is 1.72. The van der Waals surface area contributed by atoms with Crippen LogP contribution >= 0.6 is 0 Å². The fraction of sp³-hybridized carbons (Fsp3) is 0.333. The van der Waals surface area contributed by atoms with Gasteiger partial charge in [0.05, 0.1) is 13.1 Å². The fourth-order valence-electron chi connectivity index (χ4n) is 3.84. The molecule has 2 aromatic rings. The number of anilines is 1. The second-order valence-corrected chi connectivity index (χ2v) is 6.98. The van der Waals surface area contributed by atoms with E-state index in [1.54, 1.807) is 4.90 Å². The maximum absolute atomic E-state index is 12.8. The summed E-state index contributed by atoms with van der Waals surface area (Å²) in [4.78, 5) is 28.9. The monoisotopic (exact) mass is 350 g/mol. The first-order valence-electron chi connectivity index (χ1n) is 9.01. The standard InChI is InChI=1S/C21H22N2O3/c24-19-14-26-21(16-23(19)18-10-5-2-6-11-18)12-7-13-22(15-21)20(25)17-8-3-1-4-9-17/h1-6,8-11H,7,12-16H2. The number of piperidine rings is 1. The second kappa shape index (κ2) is 6.92. The molecule has 0 radical (unpaired) electrons. The molecule has 134 valence electrons. The molecule has 0 aliphatic carbocycles. The molecule has 2 heterocycles. The lowest BCUT2D eigenvalue weighted by molar-refractivity contribution is -0.144. The Bertz CT molecular complexity index is 793. The van der Waals surface area contributed by atoms with Gasteiger partial charge in [-0.3, -0.25) is 9.59 Å². The van der Waals surface area contributed by atoms with E-state index >= 15 is 0 Å². The Morgan fingerprint density at radius 2 is 1.65 bits per heavy atom. The highest BCUT2D eigenvalue weighted by molar-refractivity contribution is 5.96. The number of carbonyl (C=O) groups excluding carboxylic acids is 2. The summed E-state index contributed by atoms with van der Waals surface area (Å²) in [5.74, 6) is -0.00947. The van der Waals surface area contributed by atoms with Crippen LogP contribution in [0.1, 0.15) is 23.2 Å². The Morgan fingerprint density at radius 3 is 2.38 bits per heavy atom. The number of amides is 2. The van der Waals surface area contributed by atoms with Crippen LogP contribution in [0.3, 0.4) is 0 Å². The first-order chi connectivity index (χ1) is 12.7. The number of ether oxygens (including phenoxy) is 1. The maximum atomic E-state index is 12.8. The maximum Gasteiger partial charge on any atom is 0.253 e. The van der Waals surface area contributed by atoms with E-state index in [1.165, 1.54) is 0 Å². The van der Waals surface area contributed by atoms with Crippen LogP contribution in [0.5, 0.6) is 0 Å². The van der Waals surface area contributed by atoms with Gasteiger partial charge in [0, 0.05) is 17.8 Å². The summed E-state index contributed by atoms with van der Waals surface area (Å²) in [5, 5.41) is 0. The number of hydrogen-bond donors (Lipinski definition) is 0. The van der Waals surface area contributed by atoms with Crippen molar-refractivity contribution >= 4 is 17.5 Å². The Balaban J connectivity index is 1.54. The van der Waals surface area contributed by atoms with Gasteiger partial charge in [0.2, 0.25) is 0 Å². The van der Waals surface area contributed by atoms with Gasteiger partial charge in [-0.15, -0.1) is 0 Å². The summed E-state index contributed by atoms with van der Waals surface area (Å²) >= 11 is 0. The fourth-order valence-corrected chi connectivity index (χ4v) is 3.84. The zero-order valence-electron chi connectivity index (χ0n) is 14.6. The van der Waals surface area contributed by atoms with Crippen molar-refractivity contribution in [3.8, 4) is 0 Å². The molecule has 26 heavy (non-hydrogen) atoms. The number of nitrogens with zero attached hydrogens (tertiary/aromatic N) is 2. The quantitative estimate of drug-likeness (QED) is 0.837. The van der Waals surface area contributed by atoms with Crippen LogP contribution in [-0.2, 0) is 9.53 Å². The molecule has 2 amide bonds. The van der Waals surface area contributed by atoms with E-state index in [0.717, 1.165) is 25.1 Å². The Labute approximate surface area is 153 Å². The van der Waals surface area contributed by atoms with Gasteiger partial charge >= 0.3 is 0 Å². The van der Waals surface area contributed by atoms with Crippen molar-refractivity contribution in [1.82, 2.24) is 4.90 Å². The summed E-state index contributed by atoms with van der Waals surface area (Å²) in [5.41, 5.74) is 1.08. The number of morpholine rings is 1. The van der Waals surface area contributed by atoms with Crippen LogP contribution in [0.25, 0.3) is 0 Å². The number of carbonyl (C=O) groups is 2.